The van der Waals surface area contributed by atoms with Crippen LogP contribution in [-0.4, -0.2) is 49.5 Å². The molecule has 1 aromatic carbocycles. The SMILES string of the molecule is CC1c2ccc(C(=O)N3CCc4onc(O)c4C3)cc2CN1C(=O)Oc1ncc(C(F)(F)F)cc1NC(=O)C(C)(C)C. The van der Waals surface area contributed by atoms with Crippen LogP contribution in [0.5, 0.6) is 11.8 Å². The van der Waals surface area contributed by atoms with Crippen LogP contribution in [0.25, 0.3) is 0 Å². The number of carbonyl (C=O) groups is 3. The Morgan fingerprint density at radius 3 is 2.57 bits per heavy atom. The molecule has 4 heterocycles. The summed E-state index contributed by atoms with van der Waals surface area (Å²) in [5, 5.41) is 15.8. The third-order valence-corrected chi connectivity index (χ3v) is 7.27. The number of pyridine rings is 1. The molecule has 2 N–H and O–H groups in total. The Bertz CT molecular complexity index is 1580. The molecule has 0 saturated carbocycles. The summed E-state index contributed by atoms with van der Waals surface area (Å²) in [7, 11) is 0. The third kappa shape index (κ3) is 5.48. The largest absolute Gasteiger partial charge is 0.491 e. The van der Waals surface area contributed by atoms with Gasteiger partial charge in [-0.05, 0) is 41.4 Å². The maximum Gasteiger partial charge on any atom is 0.417 e. The maximum absolute atomic E-state index is 13.3. The van der Waals surface area contributed by atoms with Gasteiger partial charge in [-0.3, -0.25) is 14.5 Å². The molecule has 1 atom stereocenters. The molecule has 0 saturated heterocycles. The Hall–Kier alpha value is -4.62. The fourth-order valence-electron chi connectivity index (χ4n) is 4.77. The molecule has 3 amide bonds. The highest BCUT2D eigenvalue weighted by Crippen LogP contribution is 2.37. The molecule has 0 aliphatic carbocycles. The number of ether oxygens (including phenoxy) is 1. The van der Waals surface area contributed by atoms with Crippen molar-refractivity contribution in [3.63, 3.8) is 0 Å². The van der Waals surface area contributed by atoms with Crippen molar-refractivity contribution in [3.8, 4) is 11.8 Å². The zero-order chi connectivity index (χ0) is 30.6. The van der Waals surface area contributed by atoms with Gasteiger partial charge < -0.3 is 24.6 Å². The summed E-state index contributed by atoms with van der Waals surface area (Å²) < 4.78 is 50.5. The first-order valence-electron chi connectivity index (χ1n) is 13.1. The fourth-order valence-corrected chi connectivity index (χ4v) is 4.77. The van der Waals surface area contributed by atoms with E-state index in [0.29, 0.717) is 47.7 Å². The van der Waals surface area contributed by atoms with Crippen molar-refractivity contribution in [2.24, 2.45) is 5.41 Å². The monoisotopic (exact) mass is 587 g/mol. The third-order valence-electron chi connectivity index (χ3n) is 7.27. The molecule has 42 heavy (non-hydrogen) atoms. The number of rotatable bonds is 3. The van der Waals surface area contributed by atoms with E-state index in [1.807, 2.05) is 0 Å². The number of hydrogen-bond acceptors (Lipinski definition) is 8. The number of nitrogens with zero attached hydrogens (tertiary/aromatic N) is 4. The van der Waals surface area contributed by atoms with Crippen LogP contribution in [0.3, 0.4) is 0 Å². The minimum atomic E-state index is -4.73. The first-order valence-corrected chi connectivity index (χ1v) is 13.1. The van der Waals surface area contributed by atoms with Gasteiger partial charge >= 0.3 is 12.3 Å². The van der Waals surface area contributed by atoms with E-state index in [1.165, 1.54) is 4.90 Å². The van der Waals surface area contributed by atoms with Crippen molar-refractivity contribution in [1.29, 1.82) is 0 Å². The van der Waals surface area contributed by atoms with Gasteiger partial charge in [0.25, 0.3) is 11.8 Å². The van der Waals surface area contributed by atoms with Gasteiger partial charge in [-0.15, -0.1) is 0 Å². The van der Waals surface area contributed by atoms with Crippen LogP contribution < -0.4 is 10.1 Å². The Kier molecular flexibility index (Phi) is 7.11. The standard InChI is InChI=1S/C28H28F3N5O6/c1-14-18-6-5-15(24(38)35-8-7-21-19(13-35)22(37)34-42-21)9-16(18)12-36(14)26(40)41-23-20(33-25(39)27(2,3)4)10-17(11-32-23)28(29,30)31/h5-6,9-11,14H,7-8,12-13H2,1-4H3,(H,33,39)(H,34,37). The molecule has 1 unspecified atom stereocenters. The number of aromatic hydroxyl groups is 1. The number of alkyl halides is 3. The second-order valence-electron chi connectivity index (χ2n) is 11.2. The number of halogens is 3. The van der Waals surface area contributed by atoms with Crippen LogP contribution >= 0.6 is 0 Å². The highest BCUT2D eigenvalue weighted by molar-refractivity contribution is 5.96. The zero-order valence-corrected chi connectivity index (χ0v) is 23.2. The summed E-state index contributed by atoms with van der Waals surface area (Å²) in [5.74, 6) is -1.05. The number of anilines is 1. The number of aromatic nitrogens is 2. The van der Waals surface area contributed by atoms with Crippen LogP contribution in [0.1, 0.15) is 72.1 Å². The van der Waals surface area contributed by atoms with Crippen molar-refractivity contribution >= 4 is 23.6 Å². The molecule has 2 aromatic heterocycles. The van der Waals surface area contributed by atoms with Crippen LogP contribution in [-0.2, 0) is 30.5 Å². The lowest BCUT2D eigenvalue weighted by Crippen LogP contribution is -2.35. The van der Waals surface area contributed by atoms with E-state index in [-0.39, 0.29) is 30.6 Å². The summed E-state index contributed by atoms with van der Waals surface area (Å²) >= 11 is 0. The Morgan fingerprint density at radius 1 is 1.14 bits per heavy atom. The minimum absolute atomic E-state index is 0.0668. The van der Waals surface area contributed by atoms with Crippen molar-refractivity contribution in [1.82, 2.24) is 19.9 Å². The van der Waals surface area contributed by atoms with Gasteiger partial charge in [0.15, 0.2) is 0 Å². The average molecular weight is 588 g/mol. The van der Waals surface area contributed by atoms with Crippen LogP contribution in [0.2, 0.25) is 0 Å². The van der Waals surface area contributed by atoms with Crippen LogP contribution in [0.4, 0.5) is 23.7 Å². The van der Waals surface area contributed by atoms with Gasteiger partial charge in [-0.25, -0.2) is 9.78 Å². The summed E-state index contributed by atoms with van der Waals surface area (Å²) in [4.78, 5) is 45.6. The molecule has 0 bridgehead atoms. The predicted octanol–water partition coefficient (Wildman–Crippen LogP) is 5.05. The number of benzene rings is 1. The second-order valence-corrected chi connectivity index (χ2v) is 11.2. The Morgan fingerprint density at radius 2 is 1.88 bits per heavy atom. The van der Waals surface area contributed by atoms with Crippen LogP contribution in [0, 0.1) is 5.41 Å². The van der Waals surface area contributed by atoms with E-state index in [0.717, 1.165) is 5.56 Å². The van der Waals surface area contributed by atoms with Gasteiger partial charge in [0.2, 0.25) is 11.8 Å². The van der Waals surface area contributed by atoms with Crippen molar-refractivity contribution in [3.05, 3.63) is 64.0 Å². The van der Waals surface area contributed by atoms with E-state index in [9.17, 15) is 32.7 Å². The van der Waals surface area contributed by atoms with Gasteiger partial charge in [0.05, 0.1) is 30.3 Å². The molecule has 0 radical (unpaired) electrons. The fraction of sp³-hybridized carbons (Fsp3) is 0.393. The first kappa shape index (κ1) is 28.9. The summed E-state index contributed by atoms with van der Waals surface area (Å²) in [5.41, 5.74) is -0.142. The van der Waals surface area contributed by atoms with Crippen molar-refractivity contribution in [2.75, 3.05) is 11.9 Å². The van der Waals surface area contributed by atoms with Gasteiger partial charge in [0, 0.05) is 30.1 Å². The summed E-state index contributed by atoms with van der Waals surface area (Å²) in [6.45, 7) is 7.08. The zero-order valence-electron chi connectivity index (χ0n) is 23.2. The number of carbonyl (C=O) groups excluding carboxylic acids is 3. The number of amides is 3. The maximum atomic E-state index is 13.3. The number of hydrogen-bond donors (Lipinski definition) is 2. The van der Waals surface area contributed by atoms with E-state index < -0.39 is 41.1 Å². The molecular weight excluding hydrogens is 559 g/mol. The molecule has 11 nitrogen and oxygen atoms in total. The molecule has 5 rings (SSSR count). The quantitative estimate of drug-likeness (QED) is 0.434. The smallest absolute Gasteiger partial charge is 0.417 e. The van der Waals surface area contributed by atoms with Gasteiger partial charge in [-0.1, -0.05) is 26.8 Å². The lowest BCUT2D eigenvalue weighted by atomic mass is 9.95. The Labute approximate surface area is 238 Å². The predicted molar refractivity (Wildman–Crippen MR) is 140 cm³/mol. The van der Waals surface area contributed by atoms with Crippen molar-refractivity contribution < 1.29 is 41.9 Å². The molecule has 14 heteroatoms. The highest BCUT2D eigenvalue weighted by atomic mass is 19.4. The molecule has 3 aromatic rings. The molecule has 2 aliphatic heterocycles. The van der Waals surface area contributed by atoms with Gasteiger partial charge in [-0.2, -0.15) is 13.2 Å². The van der Waals surface area contributed by atoms with E-state index in [2.05, 4.69) is 15.5 Å². The number of fused-ring (bicyclic) bond motifs is 2. The van der Waals surface area contributed by atoms with Crippen molar-refractivity contribution in [2.45, 2.75) is 59.4 Å². The first-order chi connectivity index (χ1) is 19.6. The number of nitrogens with one attached hydrogen (secondary N) is 1. The molecule has 2 aliphatic rings. The van der Waals surface area contributed by atoms with E-state index >= 15 is 0 Å². The topological polar surface area (TPSA) is 138 Å². The normalized spacial score (nSPS) is 16.6. The molecular formula is C28H28F3N5O6. The second kappa shape index (κ2) is 10.3. The average Bonchev–Trinajstić information content (AvgIpc) is 3.46. The lowest BCUT2D eigenvalue weighted by Gasteiger charge is -2.26. The van der Waals surface area contributed by atoms with E-state index in [1.54, 1.807) is 50.8 Å². The highest BCUT2D eigenvalue weighted by Gasteiger charge is 2.36. The molecule has 0 spiro atoms. The molecule has 222 valence electrons. The summed E-state index contributed by atoms with van der Waals surface area (Å²) in [6.07, 6.45) is -4.69. The lowest BCUT2D eigenvalue weighted by molar-refractivity contribution is -0.137. The minimum Gasteiger partial charge on any atom is -0.491 e. The van der Waals surface area contributed by atoms with Gasteiger partial charge in [0.1, 0.15) is 11.4 Å². The molecule has 0 fully saturated rings. The van der Waals surface area contributed by atoms with Crippen LogP contribution in [0.15, 0.2) is 35.0 Å². The summed E-state index contributed by atoms with van der Waals surface area (Å²) in [6, 6.07) is 5.24. The Balaban J connectivity index is 1.33. The van der Waals surface area contributed by atoms with E-state index in [4.69, 9.17) is 9.26 Å².